The highest BCUT2D eigenvalue weighted by atomic mass is 16.5. The standard InChI is InChI=1S/C13H18N2O2/c1-3-17-8-7-13(16)15-14-10-12-6-4-5-11(2)9-12/h4-6,9-10H,3,7-8H2,1-2H3,(H,15,16)/b14-10+. The second-order valence-electron chi connectivity index (χ2n) is 3.65. The van der Waals surface area contributed by atoms with Crippen molar-refractivity contribution in [3.8, 4) is 0 Å². The molecule has 1 aromatic rings. The summed E-state index contributed by atoms with van der Waals surface area (Å²) in [6, 6.07) is 7.89. The van der Waals surface area contributed by atoms with Crippen LogP contribution in [0.5, 0.6) is 0 Å². The SMILES string of the molecule is CCOCCC(=O)N/N=C/c1cccc(C)c1. The quantitative estimate of drug-likeness (QED) is 0.464. The predicted molar refractivity (Wildman–Crippen MR) is 68.0 cm³/mol. The Kier molecular flexibility index (Phi) is 5.96. The number of aryl methyl sites for hydroxylation is 1. The Balaban J connectivity index is 2.32. The van der Waals surface area contributed by atoms with Gasteiger partial charge in [-0.3, -0.25) is 4.79 Å². The van der Waals surface area contributed by atoms with Crippen LogP contribution in [0.2, 0.25) is 0 Å². The molecule has 17 heavy (non-hydrogen) atoms. The van der Waals surface area contributed by atoms with Crippen LogP contribution in [0, 0.1) is 6.92 Å². The highest BCUT2D eigenvalue weighted by Gasteiger charge is 1.97. The fraction of sp³-hybridized carbons (Fsp3) is 0.385. The maximum Gasteiger partial charge on any atom is 0.242 e. The summed E-state index contributed by atoms with van der Waals surface area (Å²) in [4.78, 5) is 11.3. The van der Waals surface area contributed by atoms with Gasteiger partial charge in [-0.2, -0.15) is 5.10 Å². The average Bonchev–Trinajstić information content (AvgIpc) is 2.29. The molecule has 0 spiro atoms. The molecule has 0 bridgehead atoms. The van der Waals surface area contributed by atoms with E-state index in [9.17, 15) is 4.79 Å². The van der Waals surface area contributed by atoms with Crippen molar-refractivity contribution < 1.29 is 9.53 Å². The Morgan fingerprint density at radius 2 is 2.35 bits per heavy atom. The number of rotatable bonds is 6. The number of hydrogen-bond donors (Lipinski definition) is 1. The Bertz CT molecular complexity index is 389. The first kappa shape index (κ1) is 13.4. The summed E-state index contributed by atoms with van der Waals surface area (Å²) < 4.78 is 5.07. The zero-order valence-corrected chi connectivity index (χ0v) is 10.3. The minimum Gasteiger partial charge on any atom is -0.381 e. The number of nitrogens with one attached hydrogen (secondary N) is 1. The maximum absolute atomic E-state index is 11.3. The van der Waals surface area contributed by atoms with Gasteiger partial charge in [0.1, 0.15) is 0 Å². The Morgan fingerprint density at radius 3 is 3.06 bits per heavy atom. The molecule has 0 aromatic heterocycles. The summed E-state index contributed by atoms with van der Waals surface area (Å²) in [6.45, 7) is 4.97. The molecule has 1 rings (SSSR count). The van der Waals surface area contributed by atoms with E-state index in [1.807, 2.05) is 38.1 Å². The minimum atomic E-state index is -0.137. The minimum absolute atomic E-state index is 0.137. The number of benzene rings is 1. The molecule has 1 aromatic carbocycles. The fourth-order valence-corrected chi connectivity index (χ4v) is 1.29. The molecule has 1 amide bonds. The lowest BCUT2D eigenvalue weighted by Gasteiger charge is -2.00. The molecule has 0 heterocycles. The van der Waals surface area contributed by atoms with E-state index >= 15 is 0 Å². The van der Waals surface area contributed by atoms with Crippen LogP contribution in [0.4, 0.5) is 0 Å². The molecule has 92 valence electrons. The van der Waals surface area contributed by atoms with Crippen molar-refractivity contribution in [3.63, 3.8) is 0 Å². The molecular weight excluding hydrogens is 216 g/mol. The smallest absolute Gasteiger partial charge is 0.242 e. The van der Waals surface area contributed by atoms with Crippen LogP contribution in [0.1, 0.15) is 24.5 Å². The topological polar surface area (TPSA) is 50.7 Å². The van der Waals surface area contributed by atoms with Gasteiger partial charge >= 0.3 is 0 Å². The number of carbonyl (C=O) groups excluding carboxylic acids is 1. The first-order valence-corrected chi connectivity index (χ1v) is 5.68. The summed E-state index contributed by atoms with van der Waals surface area (Å²) in [7, 11) is 0. The van der Waals surface area contributed by atoms with Gasteiger partial charge in [-0.1, -0.05) is 29.8 Å². The van der Waals surface area contributed by atoms with Gasteiger partial charge in [0, 0.05) is 6.61 Å². The van der Waals surface area contributed by atoms with Gasteiger partial charge < -0.3 is 4.74 Å². The van der Waals surface area contributed by atoms with Crippen LogP contribution in [-0.2, 0) is 9.53 Å². The van der Waals surface area contributed by atoms with E-state index in [0.717, 1.165) is 11.1 Å². The van der Waals surface area contributed by atoms with E-state index in [-0.39, 0.29) is 5.91 Å². The van der Waals surface area contributed by atoms with E-state index in [2.05, 4.69) is 10.5 Å². The van der Waals surface area contributed by atoms with Gasteiger partial charge in [-0.05, 0) is 19.4 Å². The van der Waals surface area contributed by atoms with E-state index in [4.69, 9.17) is 4.74 Å². The molecule has 1 N–H and O–H groups in total. The summed E-state index contributed by atoms with van der Waals surface area (Å²) in [6.07, 6.45) is 1.96. The van der Waals surface area contributed by atoms with Gasteiger partial charge in [0.2, 0.25) is 5.91 Å². The molecule has 0 saturated heterocycles. The second-order valence-corrected chi connectivity index (χ2v) is 3.65. The summed E-state index contributed by atoms with van der Waals surface area (Å²) in [5.41, 5.74) is 4.59. The molecule has 4 heteroatoms. The van der Waals surface area contributed by atoms with Crippen LogP contribution in [0.15, 0.2) is 29.4 Å². The van der Waals surface area contributed by atoms with Gasteiger partial charge in [-0.25, -0.2) is 5.43 Å². The second kappa shape index (κ2) is 7.57. The lowest BCUT2D eigenvalue weighted by atomic mass is 10.2. The third-order valence-electron chi connectivity index (χ3n) is 2.12. The zero-order valence-electron chi connectivity index (χ0n) is 10.3. The van der Waals surface area contributed by atoms with Gasteiger partial charge in [0.15, 0.2) is 0 Å². The molecule has 4 nitrogen and oxygen atoms in total. The van der Waals surface area contributed by atoms with Gasteiger partial charge in [0.05, 0.1) is 19.2 Å². The molecular formula is C13H18N2O2. The number of amides is 1. The third-order valence-corrected chi connectivity index (χ3v) is 2.12. The van der Waals surface area contributed by atoms with E-state index in [1.165, 1.54) is 0 Å². The maximum atomic E-state index is 11.3. The Labute approximate surface area is 102 Å². The van der Waals surface area contributed by atoms with E-state index in [1.54, 1.807) is 6.21 Å². The highest BCUT2D eigenvalue weighted by Crippen LogP contribution is 2.00. The predicted octanol–water partition coefficient (Wildman–Crippen LogP) is 1.87. The molecule has 0 unspecified atom stereocenters. The van der Waals surface area contributed by atoms with Crippen molar-refractivity contribution in [1.29, 1.82) is 0 Å². The van der Waals surface area contributed by atoms with Crippen LogP contribution in [-0.4, -0.2) is 25.3 Å². The normalized spacial score (nSPS) is 10.7. The van der Waals surface area contributed by atoms with Crippen molar-refractivity contribution in [2.24, 2.45) is 5.10 Å². The molecule has 0 fully saturated rings. The van der Waals surface area contributed by atoms with Crippen LogP contribution in [0.25, 0.3) is 0 Å². The average molecular weight is 234 g/mol. The van der Waals surface area contributed by atoms with Crippen LogP contribution >= 0.6 is 0 Å². The van der Waals surface area contributed by atoms with Crippen molar-refractivity contribution >= 4 is 12.1 Å². The Morgan fingerprint density at radius 1 is 1.53 bits per heavy atom. The summed E-state index contributed by atoms with van der Waals surface area (Å²) in [5, 5.41) is 3.88. The largest absolute Gasteiger partial charge is 0.381 e. The van der Waals surface area contributed by atoms with Crippen molar-refractivity contribution in [2.45, 2.75) is 20.3 Å². The van der Waals surface area contributed by atoms with Crippen LogP contribution < -0.4 is 5.43 Å². The number of hydrazone groups is 1. The molecule has 0 aliphatic heterocycles. The zero-order chi connectivity index (χ0) is 12.5. The molecule has 0 radical (unpaired) electrons. The third kappa shape index (κ3) is 5.82. The lowest BCUT2D eigenvalue weighted by Crippen LogP contribution is -2.19. The monoisotopic (exact) mass is 234 g/mol. The first-order chi connectivity index (χ1) is 8.22. The number of nitrogens with zero attached hydrogens (tertiary/aromatic N) is 1. The lowest BCUT2D eigenvalue weighted by molar-refractivity contribution is -0.122. The van der Waals surface area contributed by atoms with Gasteiger partial charge in [-0.15, -0.1) is 0 Å². The van der Waals surface area contributed by atoms with Crippen molar-refractivity contribution in [2.75, 3.05) is 13.2 Å². The molecule has 0 atom stereocenters. The first-order valence-electron chi connectivity index (χ1n) is 5.68. The van der Waals surface area contributed by atoms with Crippen LogP contribution in [0.3, 0.4) is 0 Å². The number of hydrogen-bond acceptors (Lipinski definition) is 3. The number of carbonyl (C=O) groups is 1. The van der Waals surface area contributed by atoms with E-state index in [0.29, 0.717) is 19.6 Å². The molecule has 0 aliphatic rings. The highest BCUT2D eigenvalue weighted by molar-refractivity contribution is 5.82. The van der Waals surface area contributed by atoms with Gasteiger partial charge in [0.25, 0.3) is 0 Å². The molecule has 0 aliphatic carbocycles. The van der Waals surface area contributed by atoms with E-state index < -0.39 is 0 Å². The summed E-state index contributed by atoms with van der Waals surface area (Å²) in [5.74, 6) is -0.137. The Hall–Kier alpha value is -1.68. The summed E-state index contributed by atoms with van der Waals surface area (Å²) >= 11 is 0. The fourth-order valence-electron chi connectivity index (χ4n) is 1.29. The van der Waals surface area contributed by atoms with Crippen molar-refractivity contribution in [1.82, 2.24) is 5.43 Å². The number of ether oxygens (including phenoxy) is 1. The van der Waals surface area contributed by atoms with Crippen molar-refractivity contribution in [3.05, 3.63) is 35.4 Å². The molecule has 0 saturated carbocycles.